The van der Waals surface area contributed by atoms with E-state index in [2.05, 4.69) is 6.58 Å². The minimum atomic E-state index is -0.553. The van der Waals surface area contributed by atoms with Gasteiger partial charge in [-0.1, -0.05) is 37.8 Å². The number of carbonyl (C=O) groups is 2. The van der Waals surface area contributed by atoms with Crippen LogP contribution in [-0.4, -0.2) is 29.5 Å². The molecule has 0 radical (unpaired) electrons. The molecule has 0 N–H and O–H groups in total. The van der Waals surface area contributed by atoms with Crippen molar-refractivity contribution in [3.05, 3.63) is 36.5 Å². The van der Waals surface area contributed by atoms with Gasteiger partial charge in [-0.15, -0.1) is 0 Å². The fourth-order valence-corrected chi connectivity index (χ4v) is 1.60. The molecule has 92 valence electrons. The first-order chi connectivity index (χ1) is 8.11. The molecule has 1 heterocycles. The zero-order valence-electron chi connectivity index (χ0n) is 10.2. The van der Waals surface area contributed by atoms with Gasteiger partial charge in [0.1, 0.15) is 6.61 Å². The fraction of sp³-hybridized carbons (Fsp3) is 0.385. The Morgan fingerprint density at radius 2 is 2.29 bits per heavy atom. The van der Waals surface area contributed by atoms with Crippen molar-refractivity contribution in [2.45, 2.75) is 26.3 Å². The third-order valence-corrected chi connectivity index (χ3v) is 2.58. The number of rotatable bonds is 4. The highest BCUT2D eigenvalue weighted by atomic mass is 16.6. The zero-order valence-corrected chi connectivity index (χ0v) is 10.2. The number of cyclic esters (lactones) is 1. The summed E-state index contributed by atoms with van der Waals surface area (Å²) in [6.45, 7) is 7.39. The molecule has 0 aliphatic carbocycles. The number of ether oxygens (including phenoxy) is 1. The first-order valence-electron chi connectivity index (χ1n) is 5.56. The number of amides is 2. The first-order valence-corrected chi connectivity index (χ1v) is 5.56. The van der Waals surface area contributed by atoms with Gasteiger partial charge in [0.2, 0.25) is 5.91 Å². The van der Waals surface area contributed by atoms with E-state index in [9.17, 15) is 9.59 Å². The molecule has 4 nitrogen and oxygen atoms in total. The Hall–Kier alpha value is -1.84. The van der Waals surface area contributed by atoms with Crippen molar-refractivity contribution >= 4 is 12.0 Å². The molecule has 1 atom stereocenters. The molecule has 17 heavy (non-hydrogen) atoms. The summed E-state index contributed by atoms with van der Waals surface area (Å²) in [5.41, 5.74) is 0.913. The molecule has 1 aliphatic heterocycles. The largest absolute Gasteiger partial charge is 0.447 e. The van der Waals surface area contributed by atoms with Crippen molar-refractivity contribution in [2.24, 2.45) is 0 Å². The van der Waals surface area contributed by atoms with Crippen LogP contribution < -0.4 is 0 Å². The second kappa shape index (κ2) is 6.03. The Labute approximate surface area is 101 Å². The number of nitrogens with zero attached hydrogens (tertiary/aromatic N) is 1. The molecule has 0 spiro atoms. The van der Waals surface area contributed by atoms with Crippen LogP contribution in [0.5, 0.6) is 0 Å². The van der Waals surface area contributed by atoms with Crippen molar-refractivity contribution in [3.8, 4) is 0 Å². The molecule has 0 unspecified atom stereocenters. The predicted molar refractivity (Wildman–Crippen MR) is 65.4 cm³/mol. The van der Waals surface area contributed by atoms with Gasteiger partial charge in [0, 0.05) is 6.42 Å². The summed E-state index contributed by atoms with van der Waals surface area (Å²) in [5.74, 6) is -0.210. The van der Waals surface area contributed by atoms with Gasteiger partial charge in [-0.25, -0.2) is 9.69 Å². The maximum atomic E-state index is 11.6. The van der Waals surface area contributed by atoms with Crippen LogP contribution in [0.25, 0.3) is 0 Å². The highest BCUT2D eigenvalue weighted by Gasteiger charge is 2.37. The van der Waals surface area contributed by atoms with Crippen LogP contribution in [0.3, 0.4) is 0 Å². The molecule has 0 aromatic carbocycles. The lowest BCUT2D eigenvalue weighted by Gasteiger charge is -2.19. The zero-order chi connectivity index (χ0) is 12.8. The number of allylic oxidation sites excluding steroid dienone is 4. The molecular formula is C13H17NO3. The van der Waals surface area contributed by atoms with Crippen LogP contribution in [0.1, 0.15) is 20.3 Å². The van der Waals surface area contributed by atoms with Crippen molar-refractivity contribution in [1.82, 2.24) is 4.90 Å². The first kappa shape index (κ1) is 13.2. The van der Waals surface area contributed by atoms with Gasteiger partial charge in [-0.2, -0.15) is 0 Å². The van der Waals surface area contributed by atoms with Gasteiger partial charge in [0.25, 0.3) is 0 Å². The van der Waals surface area contributed by atoms with E-state index < -0.39 is 6.09 Å². The molecule has 0 bridgehead atoms. The average molecular weight is 235 g/mol. The van der Waals surface area contributed by atoms with Crippen LogP contribution in [0.4, 0.5) is 4.79 Å². The van der Waals surface area contributed by atoms with Gasteiger partial charge in [-0.3, -0.25) is 4.79 Å². The monoisotopic (exact) mass is 235 g/mol. The van der Waals surface area contributed by atoms with Crippen LogP contribution in [0, 0.1) is 0 Å². The van der Waals surface area contributed by atoms with Crippen LogP contribution >= 0.6 is 0 Å². The molecular weight excluding hydrogens is 218 g/mol. The third-order valence-electron chi connectivity index (χ3n) is 2.58. The number of carbonyl (C=O) groups excluding carboxylic acids is 2. The number of hydrogen-bond acceptors (Lipinski definition) is 3. The summed E-state index contributed by atoms with van der Waals surface area (Å²) < 4.78 is 4.91. The summed E-state index contributed by atoms with van der Waals surface area (Å²) in [4.78, 5) is 24.3. The Kier molecular flexibility index (Phi) is 4.69. The summed E-state index contributed by atoms with van der Waals surface area (Å²) in [7, 11) is 0. The molecule has 0 saturated carbocycles. The van der Waals surface area contributed by atoms with E-state index >= 15 is 0 Å². The van der Waals surface area contributed by atoms with E-state index in [1.165, 1.54) is 4.90 Å². The fourth-order valence-electron chi connectivity index (χ4n) is 1.60. The van der Waals surface area contributed by atoms with E-state index in [0.717, 1.165) is 5.57 Å². The van der Waals surface area contributed by atoms with Crippen LogP contribution in [0.15, 0.2) is 36.5 Å². The summed E-state index contributed by atoms with van der Waals surface area (Å²) >= 11 is 0. The number of imide groups is 1. The van der Waals surface area contributed by atoms with Crippen LogP contribution in [-0.2, 0) is 9.53 Å². The van der Waals surface area contributed by atoms with Crippen molar-refractivity contribution in [3.63, 3.8) is 0 Å². The van der Waals surface area contributed by atoms with Gasteiger partial charge < -0.3 is 4.74 Å². The summed E-state index contributed by atoms with van der Waals surface area (Å²) in [5, 5.41) is 0. The topological polar surface area (TPSA) is 46.6 Å². The molecule has 0 aromatic rings. The highest BCUT2D eigenvalue weighted by molar-refractivity contribution is 5.93. The molecule has 4 heteroatoms. The maximum absolute atomic E-state index is 11.6. The van der Waals surface area contributed by atoms with E-state index in [1.807, 2.05) is 19.1 Å². The van der Waals surface area contributed by atoms with Gasteiger partial charge in [0.05, 0.1) is 6.04 Å². The third kappa shape index (κ3) is 3.06. The lowest BCUT2D eigenvalue weighted by molar-refractivity contribution is -0.128. The minimum Gasteiger partial charge on any atom is -0.447 e. The van der Waals surface area contributed by atoms with Crippen molar-refractivity contribution in [2.75, 3.05) is 6.61 Å². The van der Waals surface area contributed by atoms with E-state index in [4.69, 9.17) is 4.74 Å². The SMILES string of the molecule is C=C/C=C\C=C(/C)[C@H]1COC(=O)N1C(=O)CC. The Morgan fingerprint density at radius 3 is 2.88 bits per heavy atom. The summed E-state index contributed by atoms with van der Waals surface area (Å²) in [6, 6.07) is -0.288. The Balaban J connectivity index is 2.85. The normalized spacial score (nSPS) is 20.8. The van der Waals surface area contributed by atoms with Crippen molar-refractivity contribution < 1.29 is 14.3 Å². The maximum Gasteiger partial charge on any atom is 0.417 e. The van der Waals surface area contributed by atoms with E-state index in [0.29, 0.717) is 6.42 Å². The van der Waals surface area contributed by atoms with Gasteiger partial charge in [-0.05, 0) is 12.5 Å². The molecule has 2 amide bonds. The molecule has 1 rings (SSSR count). The second-order valence-corrected chi connectivity index (χ2v) is 3.74. The lowest BCUT2D eigenvalue weighted by Crippen LogP contribution is -2.39. The van der Waals surface area contributed by atoms with Crippen molar-refractivity contribution in [1.29, 1.82) is 0 Å². The lowest BCUT2D eigenvalue weighted by atomic mass is 10.1. The van der Waals surface area contributed by atoms with E-state index in [1.54, 1.807) is 19.1 Å². The molecule has 0 aromatic heterocycles. The van der Waals surface area contributed by atoms with E-state index in [-0.39, 0.29) is 18.6 Å². The van der Waals surface area contributed by atoms with Gasteiger partial charge in [0.15, 0.2) is 0 Å². The van der Waals surface area contributed by atoms with Gasteiger partial charge >= 0.3 is 6.09 Å². The smallest absolute Gasteiger partial charge is 0.417 e. The Bertz CT molecular complexity index is 382. The van der Waals surface area contributed by atoms with Crippen LogP contribution in [0.2, 0.25) is 0 Å². The minimum absolute atomic E-state index is 0.210. The predicted octanol–water partition coefficient (Wildman–Crippen LogP) is 2.43. The average Bonchev–Trinajstić information content (AvgIpc) is 2.70. The quantitative estimate of drug-likeness (QED) is 0.703. The second-order valence-electron chi connectivity index (χ2n) is 3.74. The highest BCUT2D eigenvalue weighted by Crippen LogP contribution is 2.20. The Morgan fingerprint density at radius 1 is 1.59 bits per heavy atom. The number of hydrogen-bond donors (Lipinski definition) is 0. The standard InChI is InChI=1S/C13H17NO3/c1-4-6-7-8-10(3)11-9-17-13(16)14(11)12(15)5-2/h4,6-8,11H,1,5,9H2,2-3H3/b7-6-,10-8+/t11-/m1/s1. The molecule has 1 saturated heterocycles. The molecule has 1 aliphatic rings. The molecule has 1 fully saturated rings. The summed E-state index contributed by atoms with van der Waals surface area (Å²) in [6.07, 6.45) is 6.86.